The number of hydrogen-bond donors (Lipinski definition) is 1. The maximum absolute atomic E-state index is 6.07. The Morgan fingerprint density at radius 2 is 2.06 bits per heavy atom. The highest BCUT2D eigenvalue weighted by Crippen LogP contribution is 2.20. The van der Waals surface area contributed by atoms with Crippen LogP contribution in [-0.2, 0) is 6.42 Å². The summed E-state index contributed by atoms with van der Waals surface area (Å²) in [6, 6.07) is 4.39. The van der Waals surface area contributed by atoms with Crippen molar-refractivity contribution in [3.8, 4) is 0 Å². The summed E-state index contributed by atoms with van der Waals surface area (Å²) >= 11 is 0. The molecule has 0 saturated carbocycles. The fraction of sp³-hybridized carbons (Fsp3) is 0.667. The molecule has 0 saturated heterocycles. The van der Waals surface area contributed by atoms with E-state index < -0.39 is 0 Å². The smallest absolute Gasteiger partial charge is 0.131 e. The third kappa shape index (κ3) is 4.30. The van der Waals surface area contributed by atoms with Crippen molar-refractivity contribution in [1.82, 2.24) is 4.98 Å². The monoisotopic (exact) mass is 249 g/mol. The molecule has 102 valence electrons. The number of nitrogens with zero attached hydrogens (tertiary/aromatic N) is 2. The van der Waals surface area contributed by atoms with Gasteiger partial charge in [0.1, 0.15) is 5.82 Å². The Morgan fingerprint density at radius 1 is 1.33 bits per heavy atom. The SMILES string of the molecule is CCC(N)Cc1cccnc1N(CC)CC(C)C. The minimum atomic E-state index is 0.228. The van der Waals surface area contributed by atoms with Crippen LogP contribution in [0.2, 0.25) is 0 Å². The van der Waals surface area contributed by atoms with Gasteiger partial charge in [-0.3, -0.25) is 0 Å². The molecule has 18 heavy (non-hydrogen) atoms. The van der Waals surface area contributed by atoms with Crippen LogP contribution >= 0.6 is 0 Å². The van der Waals surface area contributed by atoms with Crippen LogP contribution in [0.15, 0.2) is 18.3 Å². The largest absolute Gasteiger partial charge is 0.356 e. The highest BCUT2D eigenvalue weighted by molar-refractivity contribution is 5.47. The molecule has 3 nitrogen and oxygen atoms in total. The number of pyridine rings is 1. The predicted octanol–water partition coefficient (Wildman–Crippen LogP) is 2.84. The van der Waals surface area contributed by atoms with E-state index in [4.69, 9.17) is 5.73 Å². The van der Waals surface area contributed by atoms with Gasteiger partial charge in [0.05, 0.1) is 0 Å². The van der Waals surface area contributed by atoms with Gasteiger partial charge in [0.15, 0.2) is 0 Å². The Bertz CT molecular complexity index is 349. The molecule has 1 aromatic heterocycles. The van der Waals surface area contributed by atoms with Crippen LogP contribution in [0.25, 0.3) is 0 Å². The molecule has 1 heterocycles. The zero-order valence-corrected chi connectivity index (χ0v) is 12.2. The number of aromatic nitrogens is 1. The standard InChI is InChI=1S/C15H27N3/c1-5-14(16)10-13-8-7-9-17-15(13)18(6-2)11-12(3)4/h7-9,12,14H,5-6,10-11,16H2,1-4H3. The van der Waals surface area contributed by atoms with Gasteiger partial charge in [-0.15, -0.1) is 0 Å². The molecule has 0 spiro atoms. The van der Waals surface area contributed by atoms with Crippen molar-refractivity contribution >= 4 is 5.82 Å². The first-order chi connectivity index (χ1) is 8.58. The molecule has 0 radical (unpaired) electrons. The van der Waals surface area contributed by atoms with Crippen LogP contribution in [0.3, 0.4) is 0 Å². The van der Waals surface area contributed by atoms with Crippen molar-refractivity contribution in [3.63, 3.8) is 0 Å². The van der Waals surface area contributed by atoms with Crippen molar-refractivity contribution in [1.29, 1.82) is 0 Å². The average molecular weight is 249 g/mol. The van der Waals surface area contributed by atoms with E-state index in [2.05, 4.69) is 43.6 Å². The molecule has 1 rings (SSSR count). The molecular formula is C15H27N3. The summed E-state index contributed by atoms with van der Waals surface area (Å²) in [5.41, 5.74) is 7.34. The molecule has 0 aliphatic heterocycles. The van der Waals surface area contributed by atoms with Crippen LogP contribution in [0.1, 0.15) is 39.7 Å². The lowest BCUT2D eigenvalue weighted by atomic mass is 10.0. The lowest BCUT2D eigenvalue weighted by Crippen LogP contribution is -2.30. The Morgan fingerprint density at radius 3 is 2.61 bits per heavy atom. The Labute approximate surface area is 111 Å². The molecule has 0 aliphatic rings. The molecule has 2 N–H and O–H groups in total. The number of nitrogens with two attached hydrogens (primary N) is 1. The predicted molar refractivity (Wildman–Crippen MR) is 78.9 cm³/mol. The molecule has 0 aromatic carbocycles. The topological polar surface area (TPSA) is 42.1 Å². The van der Waals surface area contributed by atoms with Crippen LogP contribution < -0.4 is 10.6 Å². The van der Waals surface area contributed by atoms with Crippen molar-refractivity contribution in [2.45, 2.75) is 46.6 Å². The fourth-order valence-electron chi connectivity index (χ4n) is 2.11. The van der Waals surface area contributed by atoms with Crippen LogP contribution in [0, 0.1) is 5.92 Å². The van der Waals surface area contributed by atoms with Gasteiger partial charge in [-0.1, -0.05) is 26.8 Å². The van der Waals surface area contributed by atoms with E-state index >= 15 is 0 Å². The zero-order valence-electron chi connectivity index (χ0n) is 12.2. The molecule has 3 heteroatoms. The normalized spacial score (nSPS) is 12.8. The van der Waals surface area contributed by atoms with Gasteiger partial charge in [0.25, 0.3) is 0 Å². The molecule has 0 aliphatic carbocycles. The van der Waals surface area contributed by atoms with E-state index in [1.165, 1.54) is 5.56 Å². The lowest BCUT2D eigenvalue weighted by molar-refractivity contribution is 0.605. The number of anilines is 1. The minimum absolute atomic E-state index is 0.228. The van der Waals surface area contributed by atoms with Crippen molar-refractivity contribution < 1.29 is 0 Å². The summed E-state index contributed by atoms with van der Waals surface area (Å²) < 4.78 is 0. The van der Waals surface area contributed by atoms with Gasteiger partial charge < -0.3 is 10.6 Å². The highest BCUT2D eigenvalue weighted by atomic mass is 15.2. The minimum Gasteiger partial charge on any atom is -0.356 e. The van der Waals surface area contributed by atoms with E-state index in [0.29, 0.717) is 5.92 Å². The Kier molecular flexibility index (Phi) is 6.13. The first-order valence-electron chi connectivity index (χ1n) is 7.02. The van der Waals surface area contributed by atoms with E-state index in [1.54, 1.807) is 0 Å². The molecular weight excluding hydrogens is 222 g/mol. The third-order valence-corrected chi connectivity index (χ3v) is 3.14. The lowest BCUT2D eigenvalue weighted by Gasteiger charge is -2.26. The second-order valence-electron chi connectivity index (χ2n) is 5.29. The molecule has 1 aromatic rings. The van der Waals surface area contributed by atoms with Gasteiger partial charge in [0, 0.05) is 25.3 Å². The third-order valence-electron chi connectivity index (χ3n) is 3.14. The fourth-order valence-corrected chi connectivity index (χ4v) is 2.11. The number of rotatable bonds is 7. The summed E-state index contributed by atoms with van der Waals surface area (Å²) in [5, 5.41) is 0. The summed E-state index contributed by atoms with van der Waals surface area (Å²) in [5.74, 6) is 1.75. The van der Waals surface area contributed by atoms with Gasteiger partial charge in [-0.2, -0.15) is 0 Å². The van der Waals surface area contributed by atoms with Gasteiger partial charge in [-0.05, 0) is 37.3 Å². The molecule has 0 amide bonds. The molecule has 1 unspecified atom stereocenters. The maximum Gasteiger partial charge on any atom is 0.131 e. The van der Waals surface area contributed by atoms with E-state index in [0.717, 1.165) is 31.7 Å². The zero-order chi connectivity index (χ0) is 13.5. The second kappa shape index (κ2) is 7.37. The molecule has 1 atom stereocenters. The average Bonchev–Trinajstić information content (AvgIpc) is 2.36. The highest BCUT2D eigenvalue weighted by Gasteiger charge is 2.13. The second-order valence-corrected chi connectivity index (χ2v) is 5.29. The summed E-state index contributed by atoms with van der Waals surface area (Å²) in [6.45, 7) is 10.8. The molecule has 0 fully saturated rings. The van der Waals surface area contributed by atoms with Crippen molar-refractivity contribution in [2.24, 2.45) is 11.7 Å². The van der Waals surface area contributed by atoms with Gasteiger partial charge in [0.2, 0.25) is 0 Å². The van der Waals surface area contributed by atoms with Crippen LogP contribution in [0.4, 0.5) is 5.82 Å². The van der Waals surface area contributed by atoms with E-state index in [1.807, 2.05) is 12.3 Å². The van der Waals surface area contributed by atoms with Crippen molar-refractivity contribution in [3.05, 3.63) is 23.9 Å². The summed E-state index contributed by atoms with van der Waals surface area (Å²) in [4.78, 5) is 6.91. The quantitative estimate of drug-likeness (QED) is 0.808. The van der Waals surface area contributed by atoms with Crippen LogP contribution in [-0.4, -0.2) is 24.1 Å². The Hall–Kier alpha value is -1.09. The number of hydrogen-bond acceptors (Lipinski definition) is 3. The van der Waals surface area contributed by atoms with Crippen molar-refractivity contribution in [2.75, 3.05) is 18.0 Å². The first kappa shape index (κ1) is 15.0. The molecule has 0 bridgehead atoms. The van der Waals surface area contributed by atoms with E-state index in [-0.39, 0.29) is 6.04 Å². The first-order valence-corrected chi connectivity index (χ1v) is 7.02. The van der Waals surface area contributed by atoms with Gasteiger partial charge in [-0.25, -0.2) is 4.98 Å². The van der Waals surface area contributed by atoms with Crippen LogP contribution in [0.5, 0.6) is 0 Å². The maximum atomic E-state index is 6.07. The van der Waals surface area contributed by atoms with Gasteiger partial charge >= 0.3 is 0 Å². The summed E-state index contributed by atoms with van der Waals surface area (Å²) in [6.07, 6.45) is 3.79. The Balaban J connectivity index is 2.91. The van der Waals surface area contributed by atoms with E-state index in [9.17, 15) is 0 Å². The summed E-state index contributed by atoms with van der Waals surface area (Å²) in [7, 11) is 0.